The summed E-state index contributed by atoms with van der Waals surface area (Å²) in [7, 11) is -0.991. The number of ether oxygens (including phenoxy) is 1. The van der Waals surface area contributed by atoms with Crippen molar-refractivity contribution < 1.29 is 22.7 Å². The predicted molar refractivity (Wildman–Crippen MR) is 124 cm³/mol. The predicted octanol–water partition coefficient (Wildman–Crippen LogP) is 2.94. The molecule has 0 spiro atoms. The number of pyridine rings is 1. The van der Waals surface area contributed by atoms with Crippen molar-refractivity contribution in [2.75, 3.05) is 20.2 Å². The maximum atomic E-state index is 13.4. The van der Waals surface area contributed by atoms with Crippen LogP contribution in [-0.4, -0.2) is 54.2 Å². The van der Waals surface area contributed by atoms with E-state index in [1.807, 2.05) is 12.1 Å². The van der Waals surface area contributed by atoms with Crippen LogP contribution in [0.5, 0.6) is 0 Å². The van der Waals surface area contributed by atoms with E-state index < -0.39 is 21.8 Å². The molecule has 0 aliphatic rings. The Balaban J connectivity index is 1.96. The van der Waals surface area contributed by atoms with E-state index in [4.69, 9.17) is 4.74 Å². The number of benzene rings is 1. The molecule has 174 valence electrons. The number of carbonyl (C=O) groups is 2. The summed E-state index contributed by atoms with van der Waals surface area (Å²) in [6.45, 7) is 3.10. The standard InChI is InChI=1S/C24H27N3O5S/c1-17-22(18(2)26(3)23(17)24(29)32-4)21(28)16-27(15-13-19-10-8-9-14-25-19)33(30,31)20-11-6-5-7-12-20/h5-12,14H,13,15-16H2,1-4H3. The fraction of sp³-hybridized carbons (Fsp3) is 0.292. The quantitative estimate of drug-likeness (QED) is 0.353. The Labute approximate surface area is 193 Å². The molecule has 3 aromatic rings. The minimum atomic E-state index is -3.94. The average molecular weight is 470 g/mol. The van der Waals surface area contributed by atoms with Gasteiger partial charge in [-0.2, -0.15) is 4.31 Å². The molecule has 0 saturated heterocycles. The van der Waals surface area contributed by atoms with E-state index in [1.54, 1.807) is 55.9 Å². The van der Waals surface area contributed by atoms with E-state index in [1.165, 1.54) is 23.5 Å². The molecule has 0 saturated carbocycles. The molecule has 0 fully saturated rings. The van der Waals surface area contributed by atoms with Gasteiger partial charge in [0.15, 0.2) is 5.78 Å². The van der Waals surface area contributed by atoms with Gasteiger partial charge in [0.05, 0.1) is 18.6 Å². The van der Waals surface area contributed by atoms with Gasteiger partial charge in [-0.15, -0.1) is 0 Å². The molecule has 0 bridgehead atoms. The van der Waals surface area contributed by atoms with Crippen molar-refractivity contribution in [2.24, 2.45) is 7.05 Å². The molecular weight excluding hydrogens is 442 g/mol. The molecular formula is C24H27N3O5S. The topological polar surface area (TPSA) is 98.6 Å². The Morgan fingerprint density at radius 3 is 2.33 bits per heavy atom. The maximum absolute atomic E-state index is 13.4. The number of Topliss-reactive ketones (excluding diaryl/α,β-unsaturated/α-hetero) is 1. The smallest absolute Gasteiger partial charge is 0.354 e. The highest BCUT2D eigenvalue weighted by molar-refractivity contribution is 7.89. The van der Waals surface area contributed by atoms with Crippen LogP contribution in [0.3, 0.4) is 0 Å². The van der Waals surface area contributed by atoms with Gasteiger partial charge < -0.3 is 9.30 Å². The Morgan fingerprint density at radius 2 is 1.73 bits per heavy atom. The molecule has 0 unspecified atom stereocenters. The van der Waals surface area contributed by atoms with Gasteiger partial charge in [-0.1, -0.05) is 24.3 Å². The molecule has 0 N–H and O–H groups in total. The summed E-state index contributed by atoms with van der Waals surface area (Å²) < 4.78 is 34.4. The van der Waals surface area contributed by atoms with Crippen LogP contribution >= 0.6 is 0 Å². The summed E-state index contributed by atoms with van der Waals surface area (Å²) >= 11 is 0. The lowest BCUT2D eigenvalue weighted by atomic mass is 10.1. The normalized spacial score (nSPS) is 11.5. The highest BCUT2D eigenvalue weighted by Gasteiger charge is 2.30. The Morgan fingerprint density at radius 1 is 1.06 bits per heavy atom. The molecule has 33 heavy (non-hydrogen) atoms. The summed E-state index contributed by atoms with van der Waals surface area (Å²) in [6.07, 6.45) is 1.99. The molecule has 8 nitrogen and oxygen atoms in total. The van der Waals surface area contributed by atoms with Gasteiger partial charge in [0.2, 0.25) is 10.0 Å². The Bertz CT molecular complexity index is 1250. The summed E-state index contributed by atoms with van der Waals surface area (Å²) in [5.41, 5.74) is 2.35. The third-order valence-corrected chi connectivity index (χ3v) is 7.49. The van der Waals surface area contributed by atoms with E-state index in [-0.39, 0.29) is 23.7 Å². The third kappa shape index (κ3) is 5.04. The zero-order valence-electron chi connectivity index (χ0n) is 19.1. The van der Waals surface area contributed by atoms with E-state index in [0.29, 0.717) is 23.2 Å². The van der Waals surface area contributed by atoms with Crippen LogP contribution in [0, 0.1) is 13.8 Å². The summed E-state index contributed by atoms with van der Waals surface area (Å²) in [4.78, 5) is 29.9. The van der Waals surface area contributed by atoms with E-state index >= 15 is 0 Å². The van der Waals surface area contributed by atoms with Crippen molar-refractivity contribution in [3.8, 4) is 0 Å². The van der Waals surface area contributed by atoms with Crippen molar-refractivity contribution in [1.29, 1.82) is 0 Å². The first-order valence-corrected chi connectivity index (χ1v) is 11.8. The molecule has 0 aliphatic heterocycles. The number of aromatic nitrogens is 2. The third-order valence-electron chi connectivity index (χ3n) is 5.63. The minimum Gasteiger partial charge on any atom is -0.464 e. The SMILES string of the molecule is COC(=O)c1c(C)c(C(=O)CN(CCc2ccccn2)S(=O)(=O)c2ccccc2)c(C)n1C. The second-order valence-corrected chi connectivity index (χ2v) is 9.57. The zero-order chi connectivity index (χ0) is 24.2. The molecule has 2 aromatic heterocycles. The first kappa shape index (κ1) is 24.3. The number of esters is 1. The number of sulfonamides is 1. The van der Waals surface area contributed by atoms with E-state index in [2.05, 4.69) is 4.98 Å². The lowest BCUT2D eigenvalue weighted by molar-refractivity contribution is 0.0588. The van der Waals surface area contributed by atoms with Crippen LogP contribution in [0.1, 0.15) is 37.8 Å². The second-order valence-electron chi connectivity index (χ2n) is 7.63. The van der Waals surface area contributed by atoms with Crippen molar-refractivity contribution in [1.82, 2.24) is 13.9 Å². The maximum Gasteiger partial charge on any atom is 0.354 e. The van der Waals surface area contributed by atoms with Crippen LogP contribution in [0.4, 0.5) is 0 Å². The first-order valence-electron chi connectivity index (χ1n) is 10.4. The number of carbonyl (C=O) groups excluding carboxylic acids is 2. The lowest BCUT2D eigenvalue weighted by Gasteiger charge is -2.22. The van der Waals surface area contributed by atoms with Gasteiger partial charge in [-0.3, -0.25) is 9.78 Å². The van der Waals surface area contributed by atoms with Crippen molar-refractivity contribution in [3.05, 3.63) is 82.9 Å². The molecule has 0 atom stereocenters. The molecule has 3 rings (SSSR count). The highest BCUT2D eigenvalue weighted by atomic mass is 32.2. The van der Waals surface area contributed by atoms with Crippen LogP contribution in [-0.2, 0) is 28.2 Å². The summed E-state index contributed by atoms with van der Waals surface area (Å²) in [6, 6.07) is 13.4. The molecule has 2 heterocycles. The number of rotatable bonds is 9. The molecule has 0 aliphatic carbocycles. The number of hydrogen-bond donors (Lipinski definition) is 0. The average Bonchev–Trinajstić information content (AvgIpc) is 3.05. The number of hydrogen-bond acceptors (Lipinski definition) is 6. The van der Waals surface area contributed by atoms with Crippen molar-refractivity contribution >= 4 is 21.8 Å². The van der Waals surface area contributed by atoms with Gasteiger partial charge in [0, 0.05) is 43.2 Å². The first-order chi connectivity index (χ1) is 15.7. The van der Waals surface area contributed by atoms with Gasteiger partial charge in [-0.05, 0) is 43.7 Å². The van der Waals surface area contributed by atoms with Crippen LogP contribution in [0.2, 0.25) is 0 Å². The molecule has 0 amide bonds. The lowest BCUT2D eigenvalue weighted by Crippen LogP contribution is -2.37. The Hall–Kier alpha value is -3.30. The van der Waals surface area contributed by atoms with Gasteiger partial charge >= 0.3 is 5.97 Å². The van der Waals surface area contributed by atoms with Gasteiger partial charge in [0.1, 0.15) is 5.69 Å². The zero-order valence-corrected chi connectivity index (χ0v) is 19.9. The highest BCUT2D eigenvalue weighted by Crippen LogP contribution is 2.24. The van der Waals surface area contributed by atoms with E-state index in [0.717, 1.165) is 5.69 Å². The molecule has 9 heteroatoms. The molecule has 1 aromatic carbocycles. The number of nitrogens with zero attached hydrogens (tertiary/aromatic N) is 3. The molecule has 0 radical (unpaired) electrons. The van der Waals surface area contributed by atoms with Crippen LogP contribution in [0.15, 0.2) is 59.6 Å². The van der Waals surface area contributed by atoms with Crippen molar-refractivity contribution in [2.45, 2.75) is 25.2 Å². The van der Waals surface area contributed by atoms with Gasteiger partial charge in [0.25, 0.3) is 0 Å². The second kappa shape index (κ2) is 10.1. The minimum absolute atomic E-state index is 0.0781. The van der Waals surface area contributed by atoms with Crippen LogP contribution < -0.4 is 0 Å². The Kier molecular flexibility index (Phi) is 7.45. The van der Waals surface area contributed by atoms with Gasteiger partial charge in [-0.25, -0.2) is 13.2 Å². The van der Waals surface area contributed by atoms with Crippen LogP contribution in [0.25, 0.3) is 0 Å². The summed E-state index contributed by atoms with van der Waals surface area (Å²) in [5.74, 6) is -0.947. The van der Waals surface area contributed by atoms with Crippen molar-refractivity contribution in [3.63, 3.8) is 0 Å². The fourth-order valence-corrected chi connectivity index (χ4v) is 5.24. The number of ketones is 1. The van der Waals surface area contributed by atoms with E-state index in [9.17, 15) is 18.0 Å². The summed E-state index contributed by atoms with van der Waals surface area (Å²) in [5, 5.41) is 0. The largest absolute Gasteiger partial charge is 0.464 e. The monoisotopic (exact) mass is 469 g/mol. The fourth-order valence-electron chi connectivity index (χ4n) is 3.82. The number of methoxy groups -OCH3 is 1.